The number of pyridine rings is 2. The number of carbonyl (C=O) groups is 1. The Morgan fingerprint density at radius 2 is 1.90 bits per heavy atom. The first-order valence-electron chi connectivity index (χ1n) is 13.7. The lowest BCUT2D eigenvalue weighted by Gasteiger charge is -2.26. The second-order valence-electron chi connectivity index (χ2n) is 10.7. The van der Waals surface area contributed by atoms with Gasteiger partial charge in [0.2, 0.25) is 0 Å². The molecule has 0 bridgehead atoms. The molecule has 0 saturated carbocycles. The average molecular weight is 565 g/mol. The van der Waals surface area contributed by atoms with Gasteiger partial charge < -0.3 is 15.0 Å². The molecule has 8 nitrogen and oxygen atoms in total. The molecule has 214 valence electrons. The van der Waals surface area contributed by atoms with Crippen molar-refractivity contribution in [2.75, 3.05) is 49.6 Å². The topological polar surface area (TPSA) is 75.0 Å². The molecule has 1 atom stereocenters. The van der Waals surface area contributed by atoms with Crippen LogP contribution in [0.1, 0.15) is 45.0 Å². The van der Waals surface area contributed by atoms with E-state index >= 15 is 0 Å². The lowest BCUT2D eigenvalue weighted by atomic mass is 9.92. The number of nitrogens with zero attached hydrogens (tertiary/aromatic N) is 5. The summed E-state index contributed by atoms with van der Waals surface area (Å²) in [7, 11) is 0. The number of hydrogen-bond donors (Lipinski definition) is 1. The molecule has 2 saturated heterocycles. The molecule has 3 aromatic heterocycles. The minimum absolute atomic E-state index is 0.000378. The zero-order chi connectivity index (χ0) is 28.6. The predicted octanol–water partition coefficient (Wildman–Crippen LogP) is 5.13. The van der Waals surface area contributed by atoms with Crippen LogP contribution in [0.15, 0.2) is 61.2 Å². The van der Waals surface area contributed by atoms with Gasteiger partial charge in [0.1, 0.15) is 11.5 Å². The minimum atomic E-state index is -4.54. The Balaban J connectivity index is 1.17. The van der Waals surface area contributed by atoms with Crippen molar-refractivity contribution < 1.29 is 22.7 Å². The first-order valence-corrected chi connectivity index (χ1v) is 13.7. The van der Waals surface area contributed by atoms with Gasteiger partial charge in [0, 0.05) is 56.6 Å². The van der Waals surface area contributed by atoms with Crippen LogP contribution in [0.5, 0.6) is 0 Å². The summed E-state index contributed by atoms with van der Waals surface area (Å²) in [5.74, 6) is 0.756. The summed E-state index contributed by atoms with van der Waals surface area (Å²) in [4.78, 5) is 25.9. The Hall–Kier alpha value is -3.96. The van der Waals surface area contributed by atoms with Crippen molar-refractivity contribution in [3.63, 3.8) is 0 Å². The molecular formula is C30H31F3N6O2. The van der Waals surface area contributed by atoms with Gasteiger partial charge in [-0.2, -0.15) is 13.2 Å². The summed E-state index contributed by atoms with van der Waals surface area (Å²) in [6.07, 6.45) is 2.39. The van der Waals surface area contributed by atoms with Crippen LogP contribution in [0.2, 0.25) is 0 Å². The van der Waals surface area contributed by atoms with E-state index in [1.165, 1.54) is 11.8 Å². The number of halogens is 3. The summed E-state index contributed by atoms with van der Waals surface area (Å²) < 4.78 is 46.8. The number of carbonyl (C=O) groups excluding carboxylic acids is 1. The monoisotopic (exact) mass is 564 g/mol. The van der Waals surface area contributed by atoms with E-state index in [2.05, 4.69) is 47.8 Å². The Labute approximate surface area is 235 Å². The molecule has 2 aliphatic rings. The number of hydrogen-bond acceptors (Lipinski definition) is 6. The predicted molar refractivity (Wildman–Crippen MR) is 149 cm³/mol. The Morgan fingerprint density at radius 3 is 2.71 bits per heavy atom. The molecule has 0 spiro atoms. The maximum absolute atomic E-state index is 13.1. The van der Waals surface area contributed by atoms with Crippen LogP contribution in [-0.4, -0.2) is 64.6 Å². The second kappa shape index (κ2) is 11.1. The molecule has 2 aliphatic heterocycles. The van der Waals surface area contributed by atoms with E-state index < -0.39 is 17.6 Å². The number of amides is 1. The van der Waals surface area contributed by atoms with E-state index in [0.29, 0.717) is 5.56 Å². The smallest absolute Gasteiger partial charge is 0.379 e. The average Bonchev–Trinajstić information content (AvgIpc) is 3.61. The van der Waals surface area contributed by atoms with Crippen LogP contribution in [0.25, 0.3) is 5.65 Å². The highest BCUT2D eigenvalue weighted by molar-refractivity contribution is 6.04. The maximum Gasteiger partial charge on any atom is 0.417 e. The summed E-state index contributed by atoms with van der Waals surface area (Å²) in [5.41, 5.74) is 3.73. The number of imidazole rings is 1. The van der Waals surface area contributed by atoms with E-state index in [1.807, 2.05) is 25.3 Å². The fraction of sp³-hybridized carbons (Fsp3) is 0.367. The quantitative estimate of drug-likeness (QED) is 0.350. The van der Waals surface area contributed by atoms with Crippen LogP contribution in [0.4, 0.5) is 24.7 Å². The first kappa shape index (κ1) is 27.2. The van der Waals surface area contributed by atoms with E-state index in [4.69, 9.17) is 4.74 Å². The van der Waals surface area contributed by atoms with Gasteiger partial charge in [-0.15, -0.1) is 0 Å². The molecule has 0 unspecified atom stereocenters. The van der Waals surface area contributed by atoms with Crippen molar-refractivity contribution in [3.05, 3.63) is 89.0 Å². The van der Waals surface area contributed by atoms with Gasteiger partial charge in [0.15, 0.2) is 0 Å². The summed E-state index contributed by atoms with van der Waals surface area (Å²) in [5, 5.41) is 2.56. The molecule has 1 N–H and O–H groups in total. The summed E-state index contributed by atoms with van der Waals surface area (Å²) in [6, 6.07) is 10.5. The number of alkyl halides is 3. The maximum atomic E-state index is 13.1. The molecule has 6 rings (SSSR count). The minimum Gasteiger partial charge on any atom is -0.379 e. The highest BCUT2D eigenvalue weighted by Gasteiger charge is 2.31. The first-order chi connectivity index (χ1) is 19.7. The van der Waals surface area contributed by atoms with Crippen molar-refractivity contribution in [1.29, 1.82) is 0 Å². The van der Waals surface area contributed by atoms with E-state index in [0.717, 1.165) is 87.2 Å². The van der Waals surface area contributed by atoms with Crippen LogP contribution in [0.3, 0.4) is 0 Å². The van der Waals surface area contributed by atoms with Crippen LogP contribution >= 0.6 is 0 Å². The van der Waals surface area contributed by atoms with Gasteiger partial charge in [-0.05, 0) is 54.3 Å². The number of ether oxygens (including phenoxy) is 1. The van der Waals surface area contributed by atoms with E-state index in [-0.39, 0.29) is 11.6 Å². The number of anilines is 2. The number of benzene rings is 1. The van der Waals surface area contributed by atoms with Gasteiger partial charge in [-0.25, -0.2) is 4.98 Å². The Kier molecular flexibility index (Phi) is 7.39. The standard InChI is InChI=1S/C30H31F3N6O2/c1-20-2-4-22(29(40)36-25-13-24(14-34-15-25)30(31,32)33)12-26(20)23-6-7-38(19-23)28-16-35-27-5-3-21(18-39(27)28)17-37-8-10-41-11-9-37/h2-5,12-16,18,23H,6-11,17,19H2,1H3,(H,36,40)/t23-/m1/s1. The highest BCUT2D eigenvalue weighted by atomic mass is 19.4. The zero-order valence-electron chi connectivity index (χ0n) is 22.7. The molecule has 1 aromatic carbocycles. The van der Waals surface area contributed by atoms with Crippen molar-refractivity contribution in [3.8, 4) is 0 Å². The zero-order valence-corrected chi connectivity index (χ0v) is 22.7. The molecule has 0 radical (unpaired) electrons. The van der Waals surface area contributed by atoms with Crippen LogP contribution in [-0.2, 0) is 17.5 Å². The molecule has 11 heteroatoms. The van der Waals surface area contributed by atoms with E-state index in [9.17, 15) is 18.0 Å². The Bertz CT molecular complexity index is 1560. The lowest BCUT2D eigenvalue weighted by molar-refractivity contribution is -0.137. The molecule has 5 heterocycles. The van der Waals surface area contributed by atoms with E-state index in [1.54, 1.807) is 6.07 Å². The third kappa shape index (κ3) is 5.91. The number of aromatic nitrogens is 3. The number of nitrogens with one attached hydrogen (secondary N) is 1. The third-order valence-electron chi connectivity index (χ3n) is 7.87. The highest BCUT2D eigenvalue weighted by Crippen LogP contribution is 2.34. The van der Waals surface area contributed by atoms with Crippen molar-refractivity contribution >= 4 is 23.1 Å². The molecule has 2 fully saturated rings. The van der Waals surface area contributed by atoms with Gasteiger partial charge in [-0.1, -0.05) is 12.1 Å². The number of aryl methyl sites for hydroxylation is 1. The molecule has 4 aromatic rings. The van der Waals surface area contributed by atoms with Gasteiger partial charge in [0.25, 0.3) is 5.91 Å². The molecule has 1 amide bonds. The van der Waals surface area contributed by atoms with Gasteiger partial charge in [-0.3, -0.25) is 19.1 Å². The summed E-state index contributed by atoms with van der Waals surface area (Å²) in [6.45, 7) is 7.87. The fourth-order valence-corrected chi connectivity index (χ4v) is 5.67. The van der Waals surface area contributed by atoms with Crippen molar-refractivity contribution in [2.24, 2.45) is 0 Å². The van der Waals surface area contributed by atoms with Gasteiger partial charge in [0.05, 0.1) is 36.9 Å². The number of morpholine rings is 1. The Morgan fingerprint density at radius 1 is 1.07 bits per heavy atom. The molecular weight excluding hydrogens is 533 g/mol. The van der Waals surface area contributed by atoms with Crippen molar-refractivity contribution in [1.82, 2.24) is 19.3 Å². The molecule has 0 aliphatic carbocycles. The number of fused-ring (bicyclic) bond motifs is 1. The third-order valence-corrected chi connectivity index (χ3v) is 7.87. The second-order valence-corrected chi connectivity index (χ2v) is 10.7. The fourth-order valence-electron chi connectivity index (χ4n) is 5.67. The largest absolute Gasteiger partial charge is 0.417 e. The lowest BCUT2D eigenvalue weighted by Crippen LogP contribution is -2.35. The molecule has 41 heavy (non-hydrogen) atoms. The van der Waals surface area contributed by atoms with Crippen LogP contribution < -0.4 is 10.2 Å². The van der Waals surface area contributed by atoms with Crippen molar-refractivity contribution in [2.45, 2.75) is 32.0 Å². The van der Waals surface area contributed by atoms with Gasteiger partial charge >= 0.3 is 6.18 Å². The normalized spacial score (nSPS) is 18.2. The SMILES string of the molecule is Cc1ccc(C(=O)Nc2cncc(C(F)(F)F)c2)cc1[C@@H]1CCN(c2cnc3ccc(CN4CCOCC4)cn23)C1. The number of rotatable bonds is 6. The van der Waals surface area contributed by atoms with Crippen LogP contribution in [0, 0.1) is 6.92 Å². The summed E-state index contributed by atoms with van der Waals surface area (Å²) >= 11 is 0.